The molecule has 0 aliphatic rings. The number of phenolic OH excluding ortho intramolecular Hbond substituents is 1. The lowest BCUT2D eigenvalue weighted by Crippen LogP contribution is -2.18. The maximum atomic E-state index is 9.71. The number of pyridine rings is 1. The Labute approximate surface area is 113 Å². The highest BCUT2D eigenvalue weighted by molar-refractivity contribution is 5.41. The first-order valence-corrected chi connectivity index (χ1v) is 6.20. The zero-order valence-corrected chi connectivity index (χ0v) is 11.1. The monoisotopic (exact) mass is 258 g/mol. The maximum absolute atomic E-state index is 9.71. The van der Waals surface area contributed by atoms with Crippen LogP contribution in [0.2, 0.25) is 0 Å². The van der Waals surface area contributed by atoms with Crippen molar-refractivity contribution in [3.63, 3.8) is 0 Å². The lowest BCUT2D eigenvalue weighted by molar-refractivity contribution is 0.373. The predicted molar refractivity (Wildman–Crippen MR) is 74.2 cm³/mol. The van der Waals surface area contributed by atoms with Gasteiger partial charge in [-0.15, -0.1) is 0 Å². The lowest BCUT2D eigenvalue weighted by Gasteiger charge is -2.14. The van der Waals surface area contributed by atoms with Crippen LogP contribution >= 0.6 is 0 Å². The molecule has 1 heterocycles. The van der Waals surface area contributed by atoms with Gasteiger partial charge in [-0.05, 0) is 36.2 Å². The molecule has 4 heteroatoms. The summed E-state index contributed by atoms with van der Waals surface area (Å²) < 4.78 is 5.02. The molecule has 100 valence electrons. The van der Waals surface area contributed by atoms with Crippen molar-refractivity contribution < 1.29 is 9.84 Å². The van der Waals surface area contributed by atoms with Crippen LogP contribution in [0.15, 0.2) is 42.7 Å². The number of aromatic hydroxyl groups is 1. The summed E-state index contributed by atoms with van der Waals surface area (Å²) in [6, 6.07) is 9.57. The highest BCUT2D eigenvalue weighted by Crippen LogP contribution is 2.26. The predicted octanol–water partition coefficient (Wildman–Crippen LogP) is 2.65. The largest absolute Gasteiger partial charge is 0.504 e. The molecule has 0 spiro atoms. The van der Waals surface area contributed by atoms with Gasteiger partial charge in [-0.1, -0.05) is 12.1 Å². The number of aromatic nitrogens is 1. The van der Waals surface area contributed by atoms with E-state index >= 15 is 0 Å². The number of phenols is 1. The highest BCUT2D eigenvalue weighted by Gasteiger charge is 2.06. The molecule has 0 saturated carbocycles. The normalized spacial score (nSPS) is 12.1. The number of ether oxygens (including phenoxy) is 1. The summed E-state index contributed by atoms with van der Waals surface area (Å²) in [6.07, 6.45) is 3.61. The van der Waals surface area contributed by atoms with Crippen LogP contribution in [-0.2, 0) is 6.54 Å². The Morgan fingerprint density at radius 3 is 2.84 bits per heavy atom. The second-order valence-corrected chi connectivity index (χ2v) is 4.40. The van der Waals surface area contributed by atoms with Crippen molar-refractivity contribution in [2.75, 3.05) is 7.11 Å². The second kappa shape index (κ2) is 6.20. The van der Waals surface area contributed by atoms with E-state index in [0.29, 0.717) is 12.3 Å². The fraction of sp³-hybridized carbons (Fsp3) is 0.267. The molecule has 4 nitrogen and oxygen atoms in total. The van der Waals surface area contributed by atoms with Crippen LogP contribution in [0.1, 0.15) is 24.1 Å². The van der Waals surface area contributed by atoms with Gasteiger partial charge in [0.05, 0.1) is 7.11 Å². The van der Waals surface area contributed by atoms with E-state index in [1.165, 1.54) is 7.11 Å². The van der Waals surface area contributed by atoms with Gasteiger partial charge in [0.1, 0.15) is 0 Å². The standard InChI is InChI=1S/C15H18N2O2/c1-11(13-4-3-7-16-10-13)17-9-12-5-6-15(19-2)14(18)8-12/h3-8,10-11,17-18H,9H2,1-2H3/t11-/m1/s1. The highest BCUT2D eigenvalue weighted by atomic mass is 16.5. The van der Waals surface area contributed by atoms with Crippen LogP contribution in [-0.4, -0.2) is 17.2 Å². The molecule has 0 aliphatic heterocycles. The molecule has 0 bridgehead atoms. The van der Waals surface area contributed by atoms with Gasteiger partial charge in [0.2, 0.25) is 0 Å². The van der Waals surface area contributed by atoms with Crippen molar-refractivity contribution in [2.45, 2.75) is 19.5 Å². The van der Waals surface area contributed by atoms with Crippen LogP contribution in [0.25, 0.3) is 0 Å². The molecule has 0 saturated heterocycles. The first-order chi connectivity index (χ1) is 9.20. The fourth-order valence-electron chi connectivity index (χ4n) is 1.87. The van der Waals surface area contributed by atoms with E-state index in [9.17, 15) is 5.11 Å². The Kier molecular flexibility index (Phi) is 4.36. The molecule has 1 aromatic carbocycles. The maximum Gasteiger partial charge on any atom is 0.160 e. The number of hydrogen-bond donors (Lipinski definition) is 2. The smallest absolute Gasteiger partial charge is 0.160 e. The van der Waals surface area contributed by atoms with E-state index in [1.54, 1.807) is 18.3 Å². The molecule has 1 aromatic heterocycles. The van der Waals surface area contributed by atoms with Crippen LogP contribution in [0.3, 0.4) is 0 Å². The molecule has 2 aromatic rings. The van der Waals surface area contributed by atoms with Crippen molar-refractivity contribution in [3.05, 3.63) is 53.9 Å². The van der Waals surface area contributed by atoms with Gasteiger partial charge >= 0.3 is 0 Å². The van der Waals surface area contributed by atoms with E-state index in [1.807, 2.05) is 24.4 Å². The Hall–Kier alpha value is -2.07. The Morgan fingerprint density at radius 2 is 2.21 bits per heavy atom. The van der Waals surface area contributed by atoms with Gasteiger partial charge in [0, 0.05) is 25.0 Å². The third kappa shape index (κ3) is 3.45. The molecule has 2 rings (SSSR count). The third-order valence-corrected chi connectivity index (χ3v) is 3.04. The van der Waals surface area contributed by atoms with E-state index < -0.39 is 0 Å². The molecule has 2 N–H and O–H groups in total. The number of rotatable bonds is 5. The van der Waals surface area contributed by atoms with E-state index in [2.05, 4.69) is 17.2 Å². The topological polar surface area (TPSA) is 54.4 Å². The molecule has 0 amide bonds. The van der Waals surface area contributed by atoms with Gasteiger partial charge in [-0.3, -0.25) is 4.98 Å². The number of hydrogen-bond acceptors (Lipinski definition) is 4. The van der Waals surface area contributed by atoms with Crippen LogP contribution < -0.4 is 10.1 Å². The summed E-state index contributed by atoms with van der Waals surface area (Å²) >= 11 is 0. The summed E-state index contributed by atoms with van der Waals surface area (Å²) in [5, 5.41) is 13.1. The Morgan fingerprint density at radius 1 is 1.37 bits per heavy atom. The molecule has 0 fully saturated rings. The Balaban J connectivity index is 1.97. The number of nitrogens with one attached hydrogen (secondary N) is 1. The number of nitrogens with zero attached hydrogens (tertiary/aromatic N) is 1. The van der Waals surface area contributed by atoms with Gasteiger partial charge < -0.3 is 15.2 Å². The summed E-state index contributed by atoms with van der Waals surface area (Å²) in [4.78, 5) is 4.10. The molecule has 1 atom stereocenters. The fourth-order valence-corrected chi connectivity index (χ4v) is 1.87. The molecular weight excluding hydrogens is 240 g/mol. The lowest BCUT2D eigenvalue weighted by atomic mass is 10.1. The van der Waals surface area contributed by atoms with Crippen LogP contribution in [0.5, 0.6) is 11.5 Å². The van der Waals surface area contributed by atoms with Crippen molar-refractivity contribution in [3.8, 4) is 11.5 Å². The second-order valence-electron chi connectivity index (χ2n) is 4.40. The minimum atomic E-state index is 0.163. The van der Waals surface area contributed by atoms with Gasteiger partial charge in [0.25, 0.3) is 0 Å². The quantitative estimate of drug-likeness (QED) is 0.865. The zero-order valence-electron chi connectivity index (χ0n) is 11.1. The van der Waals surface area contributed by atoms with Crippen molar-refractivity contribution in [1.29, 1.82) is 0 Å². The summed E-state index contributed by atoms with van der Waals surface area (Å²) in [6.45, 7) is 2.76. The van der Waals surface area contributed by atoms with Crippen molar-refractivity contribution in [2.24, 2.45) is 0 Å². The molecule has 0 unspecified atom stereocenters. The van der Waals surface area contributed by atoms with Gasteiger partial charge in [-0.25, -0.2) is 0 Å². The van der Waals surface area contributed by atoms with Crippen molar-refractivity contribution >= 4 is 0 Å². The minimum Gasteiger partial charge on any atom is -0.504 e. The van der Waals surface area contributed by atoms with Gasteiger partial charge in [0.15, 0.2) is 11.5 Å². The van der Waals surface area contributed by atoms with Crippen LogP contribution in [0.4, 0.5) is 0 Å². The minimum absolute atomic E-state index is 0.163. The average Bonchev–Trinajstić information content (AvgIpc) is 2.46. The SMILES string of the molecule is COc1ccc(CN[C@H](C)c2cccnc2)cc1O. The third-order valence-electron chi connectivity index (χ3n) is 3.04. The molecule has 0 radical (unpaired) electrons. The summed E-state index contributed by atoms with van der Waals surface area (Å²) in [5.41, 5.74) is 2.15. The molecular formula is C15H18N2O2. The van der Waals surface area contributed by atoms with Crippen LogP contribution in [0, 0.1) is 0 Å². The summed E-state index contributed by atoms with van der Waals surface area (Å²) in [5.74, 6) is 0.653. The first kappa shape index (κ1) is 13.4. The number of methoxy groups -OCH3 is 1. The zero-order chi connectivity index (χ0) is 13.7. The van der Waals surface area contributed by atoms with E-state index in [0.717, 1.165) is 11.1 Å². The molecule has 19 heavy (non-hydrogen) atoms. The average molecular weight is 258 g/mol. The van der Waals surface area contributed by atoms with E-state index in [-0.39, 0.29) is 11.8 Å². The van der Waals surface area contributed by atoms with Gasteiger partial charge in [-0.2, -0.15) is 0 Å². The summed E-state index contributed by atoms with van der Waals surface area (Å²) in [7, 11) is 1.54. The van der Waals surface area contributed by atoms with E-state index in [4.69, 9.17) is 4.74 Å². The molecule has 0 aliphatic carbocycles. The first-order valence-electron chi connectivity index (χ1n) is 6.20. The Bertz CT molecular complexity index is 529. The van der Waals surface area contributed by atoms with Crippen molar-refractivity contribution in [1.82, 2.24) is 10.3 Å². The number of benzene rings is 1.